The van der Waals surface area contributed by atoms with Crippen LogP contribution in [0.2, 0.25) is 0 Å². The van der Waals surface area contributed by atoms with Gasteiger partial charge in [-0.05, 0) is 37.6 Å². The van der Waals surface area contributed by atoms with Crippen LogP contribution >= 0.6 is 0 Å². The van der Waals surface area contributed by atoms with Gasteiger partial charge < -0.3 is 10.1 Å². The zero-order valence-electron chi connectivity index (χ0n) is 12.0. The molecule has 1 heterocycles. The molecule has 20 heavy (non-hydrogen) atoms. The van der Waals surface area contributed by atoms with E-state index in [0.717, 1.165) is 6.42 Å². The number of benzene rings is 1. The van der Waals surface area contributed by atoms with E-state index < -0.39 is 10.0 Å². The number of sulfonamides is 1. The largest absolute Gasteiger partial charge is 0.494 e. The van der Waals surface area contributed by atoms with Crippen LogP contribution in [-0.4, -0.2) is 45.0 Å². The fourth-order valence-corrected chi connectivity index (χ4v) is 3.87. The molecule has 1 aliphatic rings. The Kier molecular flexibility index (Phi) is 5.01. The van der Waals surface area contributed by atoms with Gasteiger partial charge in [0.15, 0.2) is 0 Å². The fourth-order valence-electron chi connectivity index (χ4n) is 2.24. The molecule has 0 spiro atoms. The Morgan fingerprint density at radius 1 is 1.35 bits per heavy atom. The molecule has 1 N–H and O–H groups in total. The summed E-state index contributed by atoms with van der Waals surface area (Å²) in [4.78, 5) is 0.329. The topological polar surface area (TPSA) is 58.6 Å². The summed E-state index contributed by atoms with van der Waals surface area (Å²) in [5.41, 5.74) is 0. The highest BCUT2D eigenvalue weighted by molar-refractivity contribution is 7.89. The minimum atomic E-state index is -3.41. The lowest BCUT2D eigenvalue weighted by atomic mass is 10.3. The molecule has 6 heteroatoms. The summed E-state index contributed by atoms with van der Waals surface area (Å²) in [5, 5.41) is 3.19. The van der Waals surface area contributed by atoms with Crippen molar-refractivity contribution in [3.63, 3.8) is 0 Å². The predicted molar refractivity (Wildman–Crippen MR) is 78.5 cm³/mol. The van der Waals surface area contributed by atoms with Gasteiger partial charge in [0, 0.05) is 25.7 Å². The second-order valence-electron chi connectivity index (χ2n) is 4.99. The molecule has 0 bridgehead atoms. The Labute approximate surface area is 121 Å². The van der Waals surface area contributed by atoms with Crippen molar-refractivity contribution in [2.75, 3.05) is 26.2 Å². The zero-order valence-corrected chi connectivity index (χ0v) is 12.8. The molecular weight excluding hydrogens is 276 g/mol. The number of nitrogens with zero attached hydrogens (tertiary/aromatic N) is 1. The van der Waals surface area contributed by atoms with E-state index in [1.807, 2.05) is 13.8 Å². The molecule has 0 aromatic heterocycles. The van der Waals surface area contributed by atoms with Crippen molar-refractivity contribution in [3.05, 3.63) is 24.3 Å². The Bertz CT molecular complexity index is 528. The van der Waals surface area contributed by atoms with Gasteiger partial charge in [-0.1, -0.05) is 6.92 Å². The maximum Gasteiger partial charge on any atom is 0.243 e. The van der Waals surface area contributed by atoms with Crippen molar-refractivity contribution in [1.29, 1.82) is 0 Å². The van der Waals surface area contributed by atoms with E-state index in [4.69, 9.17) is 4.74 Å². The predicted octanol–water partition coefficient (Wildman–Crippen LogP) is 1.46. The summed E-state index contributed by atoms with van der Waals surface area (Å²) < 4.78 is 32.2. The van der Waals surface area contributed by atoms with Crippen LogP contribution in [0.5, 0.6) is 5.75 Å². The van der Waals surface area contributed by atoms with Crippen molar-refractivity contribution in [2.24, 2.45) is 0 Å². The monoisotopic (exact) mass is 298 g/mol. The van der Waals surface area contributed by atoms with Crippen LogP contribution in [-0.2, 0) is 10.0 Å². The molecule has 1 aromatic rings. The van der Waals surface area contributed by atoms with Crippen LogP contribution in [0.4, 0.5) is 0 Å². The second-order valence-corrected chi connectivity index (χ2v) is 6.88. The third kappa shape index (κ3) is 3.31. The highest BCUT2D eigenvalue weighted by Gasteiger charge is 2.30. The van der Waals surface area contributed by atoms with Crippen molar-refractivity contribution in [1.82, 2.24) is 9.62 Å². The third-order valence-electron chi connectivity index (χ3n) is 3.34. The number of ether oxygens (including phenoxy) is 1. The highest BCUT2D eigenvalue weighted by Crippen LogP contribution is 2.22. The molecule has 0 aliphatic carbocycles. The fraction of sp³-hybridized carbons (Fsp3) is 0.571. The van der Waals surface area contributed by atoms with E-state index in [9.17, 15) is 8.42 Å². The van der Waals surface area contributed by atoms with Gasteiger partial charge in [-0.2, -0.15) is 4.31 Å². The zero-order chi connectivity index (χ0) is 14.6. The minimum absolute atomic E-state index is 0.0234. The molecule has 0 unspecified atom stereocenters. The Balaban J connectivity index is 2.16. The first-order valence-corrected chi connectivity index (χ1v) is 8.45. The number of piperazine rings is 1. The molecule has 112 valence electrons. The molecule has 0 amide bonds. The Morgan fingerprint density at radius 2 is 2.05 bits per heavy atom. The molecule has 5 nitrogen and oxygen atoms in total. The molecule has 1 fully saturated rings. The van der Waals surface area contributed by atoms with Gasteiger partial charge >= 0.3 is 0 Å². The van der Waals surface area contributed by atoms with Crippen LogP contribution in [0, 0.1) is 0 Å². The van der Waals surface area contributed by atoms with Crippen LogP contribution in [0.3, 0.4) is 0 Å². The molecule has 1 atom stereocenters. The molecule has 1 saturated heterocycles. The van der Waals surface area contributed by atoms with E-state index in [2.05, 4.69) is 5.32 Å². The molecule has 0 saturated carbocycles. The summed E-state index contributed by atoms with van der Waals surface area (Å²) in [6.45, 7) is 6.49. The SMILES string of the molecule is CCCOc1ccc(S(=O)(=O)N2CCNC[C@H]2C)cc1. The Morgan fingerprint density at radius 3 is 2.65 bits per heavy atom. The van der Waals surface area contributed by atoms with Gasteiger partial charge in [0.1, 0.15) is 5.75 Å². The van der Waals surface area contributed by atoms with Gasteiger partial charge in [-0.15, -0.1) is 0 Å². The van der Waals surface area contributed by atoms with Gasteiger partial charge in [0.05, 0.1) is 11.5 Å². The maximum atomic E-state index is 12.6. The molecule has 1 aliphatic heterocycles. The summed E-state index contributed by atoms with van der Waals surface area (Å²) in [6.07, 6.45) is 0.929. The second kappa shape index (κ2) is 6.56. The minimum Gasteiger partial charge on any atom is -0.494 e. The lowest BCUT2D eigenvalue weighted by Gasteiger charge is -2.32. The van der Waals surface area contributed by atoms with Crippen LogP contribution in [0.25, 0.3) is 0 Å². The number of hydrogen-bond donors (Lipinski definition) is 1. The smallest absolute Gasteiger partial charge is 0.243 e. The molecular formula is C14H22N2O3S. The quantitative estimate of drug-likeness (QED) is 0.894. The van der Waals surface area contributed by atoms with E-state index >= 15 is 0 Å². The van der Waals surface area contributed by atoms with Gasteiger partial charge in [0.25, 0.3) is 0 Å². The first-order chi connectivity index (χ1) is 9.55. The lowest BCUT2D eigenvalue weighted by molar-refractivity contribution is 0.284. The van der Waals surface area contributed by atoms with Crippen LogP contribution in [0.1, 0.15) is 20.3 Å². The molecule has 0 radical (unpaired) electrons. The van der Waals surface area contributed by atoms with Crippen molar-refractivity contribution in [3.8, 4) is 5.75 Å². The first kappa shape index (κ1) is 15.3. The van der Waals surface area contributed by atoms with Crippen LogP contribution in [0.15, 0.2) is 29.2 Å². The average Bonchev–Trinajstić information content (AvgIpc) is 2.46. The van der Waals surface area contributed by atoms with E-state index in [1.165, 1.54) is 0 Å². The number of rotatable bonds is 5. The van der Waals surface area contributed by atoms with E-state index in [0.29, 0.717) is 36.9 Å². The summed E-state index contributed by atoms with van der Waals surface area (Å²) in [6, 6.07) is 6.65. The summed E-state index contributed by atoms with van der Waals surface area (Å²) >= 11 is 0. The van der Waals surface area contributed by atoms with E-state index in [-0.39, 0.29) is 6.04 Å². The lowest BCUT2D eigenvalue weighted by Crippen LogP contribution is -2.52. The first-order valence-electron chi connectivity index (χ1n) is 7.01. The van der Waals surface area contributed by atoms with Gasteiger partial charge in [-0.25, -0.2) is 8.42 Å². The number of nitrogens with one attached hydrogen (secondary N) is 1. The summed E-state index contributed by atoms with van der Waals surface area (Å²) in [7, 11) is -3.41. The highest BCUT2D eigenvalue weighted by atomic mass is 32.2. The Hall–Kier alpha value is -1.11. The third-order valence-corrected chi connectivity index (χ3v) is 5.37. The summed E-state index contributed by atoms with van der Waals surface area (Å²) in [5.74, 6) is 0.708. The van der Waals surface area contributed by atoms with Crippen molar-refractivity contribution >= 4 is 10.0 Å². The average molecular weight is 298 g/mol. The maximum absolute atomic E-state index is 12.6. The van der Waals surface area contributed by atoms with Crippen LogP contribution < -0.4 is 10.1 Å². The normalized spacial score (nSPS) is 20.8. The molecule has 2 rings (SSSR count). The molecule has 1 aromatic carbocycles. The van der Waals surface area contributed by atoms with Gasteiger partial charge in [0.2, 0.25) is 10.0 Å². The number of hydrogen-bond acceptors (Lipinski definition) is 4. The van der Waals surface area contributed by atoms with E-state index in [1.54, 1.807) is 28.6 Å². The van der Waals surface area contributed by atoms with Crippen molar-refractivity contribution in [2.45, 2.75) is 31.2 Å². The van der Waals surface area contributed by atoms with Crippen molar-refractivity contribution < 1.29 is 13.2 Å². The standard InChI is InChI=1S/C14H22N2O3S/c1-3-10-19-13-4-6-14(7-5-13)20(17,18)16-9-8-15-11-12(16)2/h4-7,12,15H,3,8-11H2,1-2H3/t12-/m1/s1. The van der Waals surface area contributed by atoms with Gasteiger partial charge in [-0.3, -0.25) is 0 Å².